The summed E-state index contributed by atoms with van der Waals surface area (Å²) in [6, 6.07) is 11.8. The van der Waals surface area contributed by atoms with Crippen molar-refractivity contribution in [3.63, 3.8) is 0 Å². The first kappa shape index (κ1) is 12.2. The molecule has 0 aliphatic carbocycles. The van der Waals surface area contributed by atoms with E-state index in [1.165, 1.54) is 0 Å². The minimum Gasteiger partial charge on any atom is -0.206 e. The molecule has 0 unspecified atom stereocenters. The molecule has 3 aromatic rings. The first-order valence-corrected chi connectivity index (χ1v) is 7.26. The Morgan fingerprint density at radius 1 is 0.818 bits per heavy atom. The summed E-state index contributed by atoms with van der Waals surface area (Å²) in [7, 11) is 0. The number of fused-ring (bicyclic) bond motifs is 6. The normalized spacial score (nSPS) is 15.4. The fourth-order valence-corrected chi connectivity index (χ4v) is 4.09. The Hall–Kier alpha value is -2.33. The summed E-state index contributed by atoms with van der Waals surface area (Å²) in [4.78, 5) is 0. The first-order valence-electron chi connectivity index (χ1n) is 6.88. The van der Waals surface area contributed by atoms with E-state index in [1.807, 2.05) is 24.3 Å². The summed E-state index contributed by atoms with van der Waals surface area (Å²) in [5.41, 5.74) is 2.51. The van der Waals surface area contributed by atoms with Gasteiger partial charge in [-0.25, -0.2) is 8.78 Å². The Labute approximate surface area is 129 Å². The van der Waals surface area contributed by atoms with Crippen molar-refractivity contribution in [2.24, 2.45) is 0 Å². The smallest absolute Gasteiger partial charge is 0.206 e. The molecule has 4 heterocycles. The Morgan fingerprint density at radius 3 is 1.82 bits per heavy atom. The van der Waals surface area contributed by atoms with Crippen LogP contribution >= 0.6 is 11.6 Å². The van der Waals surface area contributed by atoms with Gasteiger partial charge in [-0.3, -0.25) is 0 Å². The van der Waals surface area contributed by atoms with Gasteiger partial charge in [-0.1, -0.05) is 0 Å². The summed E-state index contributed by atoms with van der Waals surface area (Å²) in [5, 5.41) is -1.17. The van der Waals surface area contributed by atoms with E-state index < -0.39 is 16.8 Å². The van der Waals surface area contributed by atoms with Gasteiger partial charge >= 0.3 is 5.12 Å². The lowest BCUT2D eigenvalue weighted by Crippen LogP contribution is -2.67. The number of halogens is 3. The summed E-state index contributed by atoms with van der Waals surface area (Å²) in [6.45, 7) is 0. The fourth-order valence-electron chi connectivity index (χ4n) is 3.61. The second-order valence-corrected chi connectivity index (χ2v) is 5.99. The number of aromatic nitrogens is 2. The van der Waals surface area contributed by atoms with Crippen LogP contribution in [-0.2, 0) is 5.12 Å². The highest BCUT2D eigenvalue weighted by Crippen LogP contribution is 2.49. The van der Waals surface area contributed by atoms with Gasteiger partial charge in [0.05, 0.1) is 0 Å². The predicted octanol–water partition coefficient (Wildman–Crippen LogP) is 2.95. The summed E-state index contributed by atoms with van der Waals surface area (Å²) in [5.74, 6) is -1.18. The molecule has 106 valence electrons. The molecule has 2 aliphatic heterocycles. The predicted molar refractivity (Wildman–Crippen MR) is 75.9 cm³/mol. The molecule has 0 radical (unpaired) electrons. The number of nitrogens with zero attached hydrogens (tertiary/aromatic N) is 2. The van der Waals surface area contributed by atoms with Gasteiger partial charge < -0.3 is 0 Å². The van der Waals surface area contributed by atoms with E-state index in [-0.39, 0.29) is 0 Å². The molecule has 0 bridgehead atoms. The monoisotopic (exact) mass is 314 g/mol. The van der Waals surface area contributed by atoms with Gasteiger partial charge in [-0.05, 0) is 12.1 Å². The molecule has 0 amide bonds. The molecule has 0 saturated carbocycles. The molecule has 0 spiro atoms. The number of alkyl halides is 1. The van der Waals surface area contributed by atoms with E-state index in [4.69, 9.17) is 11.6 Å². The van der Waals surface area contributed by atoms with E-state index in [1.54, 1.807) is 33.7 Å². The Bertz CT molecular complexity index is 913. The zero-order valence-electron chi connectivity index (χ0n) is 11.2. The summed E-state index contributed by atoms with van der Waals surface area (Å²) < 4.78 is 32.5. The minimum absolute atomic E-state index is 0.371. The zero-order valence-corrected chi connectivity index (χ0v) is 12.0. The third kappa shape index (κ3) is 1.14. The van der Waals surface area contributed by atoms with Crippen molar-refractivity contribution in [1.29, 1.82) is 0 Å². The number of benzene rings is 1. The van der Waals surface area contributed by atoms with E-state index in [0.29, 0.717) is 28.1 Å². The lowest BCUT2D eigenvalue weighted by molar-refractivity contribution is -0.940. The van der Waals surface area contributed by atoms with Crippen LogP contribution in [0.4, 0.5) is 8.78 Å². The molecule has 2 nitrogen and oxygen atoms in total. The maximum Gasteiger partial charge on any atom is 0.472 e. The molecule has 5 heteroatoms. The van der Waals surface area contributed by atoms with E-state index in [0.717, 1.165) is 6.07 Å². The molecule has 0 atom stereocenters. The van der Waals surface area contributed by atoms with Gasteiger partial charge in [0.2, 0.25) is 11.4 Å². The number of hydrogen-bond acceptors (Lipinski definition) is 0. The molecular weight excluding hydrogens is 306 g/mol. The molecule has 2 aromatic heterocycles. The van der Waals surface area contributed by atoms with Crippen LogP contribution in [0, 0.1) is 11.6 Å². The van der Waals surface area contributed by atoms with Gasteiger partial charge in [-0.15, -0.1) is 9.13 Å². The molecule has 0 N–H and O–H groups in total. The molecule has 2 aliphatic rings. The fraction of sp³-hybridized carbons (Fsp3) is 0.0588. The average molecular weight is 315 g/mol. The van der Waals surface area contributed by atoms with E-state index in [2.05, 4.69) is 0 Å². The van der Waals surface area contributed by atoms with Crippen molar-refractivity contribution in [3.8, 4) is 22.5 Å². The second kappa shape index (κ2) is 3.70. The van der Waals surface area contributed by atoms with Crippen LogP contribution in [0.25, 0.3) is 22.5 Å². The standard InChI is InChI=1S/C17H9ClF2N2/c18-17-16-14(12-5-1-3-7-21(12)17)10(19)9-11(20)15(16)13-6-2-4-8-22(13)17/h1-9H/q+2. The van der Waals surface area contributed by atoms with Crippen molar-refractivity contribution >= 4 is 11.6 Å². The van der Waals surface area contributed by atoms with Crippen LogP contribution in [-0.4, -0.2) is 0 Å². The van der Waals surface area contributed by atoms with E-state index >= 15 is 0 Å². The highest BCUT2D eigenvalue weighted by molar-refractivity contribution is 6.23. The Kier molecular flexibility index (Phi) is 2.06. The van der Waals surface area contributed by atoms with Crippen LogP contribution in [0.3, 0.4) is 0 Å². The molecule has 5 rings (SSSR count). The Morgan fingerprint density at radius 2 is 1.32 bits per heavy atom. The largest absolute Gasteiger partial charge is 0.472 e. The van der Waals surface area contributed by atoms with Crippen LogP contribution in [0.15, 0.2) is 54.9 Å². The molecule has 1 aromatic carbocycles. The molecule has 0 fully saturated rings. The van der Waals surface area contributed by atoms with Crippen LogP contribution in [0.1, 0.15) is 5.56 Å². The zero-order chi connectivity index (χ0) is 15.1. The van der Waals surface area contributed by atoms with Gasteiger partial charge in [0.15, 0.2) is 12.4 Å². The minimum atomic E-state index is -1.17. The number of hydrogen-bond donors (Lipinski definition) is 0. The van der Waals surface area contributed by atoms with Gasteiger partial charge in [0.1, 0.15) is 28.3 Å². The maximum absolute atomic E-state index is 14.5. The quantitative estimate of drug-likeness (QED) is 0.445. The second-order valence-electron chi connectivity index (χ2n) is 5.46. The average Bonchev–Trinajstić information content (AvgIpc) is 2.94. The summed E-state index contributed by atoms with van der Waals surface area (Å²) >= 11 is 6.94. The lowest BCUT2D eigenvalue weighted by atomic mass is 9.99. The van der Waals surface area contributed by atoms with E-state index in [9.17, 15) is 8.78 Å². The van der Waals surface area contributed by atoms with Crippen molar-refractivity contribution in [2.75, 3.05) is 0 Å². The molecular formula is C17H9ClF2N2+2. The first-order chi connectivity index (χ1) is 10.6. The van der Waals surface area contributed by atoms with Crippen molar-refractivity contribution in [3.05, 3.63) is 72.1 Å². The van der Waals surface area contributed by atoms with Crippen LogP contribution in [0.5, 0.6) is 0 Å². The number of pyridine rings is 2. The summed E-state index contributed by atoms with van der Waals surface area (Å²) in [6.07, 6.45) is 3.58. The van der Waals surface area contributed by atoms with Gasteiger partial charge in [-0.2, -0.15) is 0 Å². The van der Waals surface area contributed by atoms with Crippen molar-refractivity contribution in [2.45, 2.75) is 5.12 Å². The highest BCUT2D eigenvalue weighted by atomic mass is 35.5. The highest BCUT2D eigenvalue weighted by Gasteiger charge is 2.67. The van der Waals surface area contributed by atoms with Crippen molar-refractivity contribution < 1.29 is 17.9 Å². The Balaban J connectivity index is 2.08. The lowest BCUT2D eigenvalue weighted by Gasteiger charge is -2.08. The van der Waals surface area contributed by atoms with Gasteiger partial charge in [0, 0.05) is 41.9 Å². The molecule has 22 heavy (non-hydrogen) atoms. The third-order valence-corrected chi connectivity index (χ3v) is 4.97. The van der Waals surface area contributed by atoms with Crippen molar-refractivity contribution in [1.82, 2.24) is 0 Å². The van der Waals surface area contributed by atoms with Gasteiger partial charge in [0.25, 0.3) is 0 Å². The number of rotatable bonds is 0. The van der Waals surface area contributed by atoms with Crippen LogP contribution < -0.4 is 9.13 Å². The molecule has 0 saturated heterocycles. The SMILES string of the molecule is Fc1cc(F)c2c3c1-c1cccc[n+]1C3(Cl)[n+]1ccccc1-2. The third-order valence-electron chi connectivity index (χ3n) is 4.42. The van der Waals surface area contributed by atoms with Crippen LogP contribution in [0.2, 0.25) is 0 Å². The maximum atomic E-state index is 14.5. The topological polar surface area (TPSA) is 7.76 Å².